The third-order valence-corrected chi connectivity index (χ3v) is 9.25. The molecule has 0 radical (unpaired) electrons. The third kappa shape index (κ3) is 12.4. The molecule has 0 spiro atoms. The topological polar surface area (TPSA) is 154 Å². The van der Waals surface area contributed by atoms with Gasteiger partial charge in [-0.2, -0.15) is 10.4 Å². The number of aromatic nitrogens is 3. The number of phosphoric acid groups is 1. The van der Waals surface area contributed by atoms with Gasteiger partial charge in [-0.05, 0) is 44.2 Å². The highest BCUT2D eigenvalue weighted by molar-refractivity contribution is 7.47. The molecule has 1 aliphatic heterocycles. The molecule has 0 saturated carbocycles. The van der Waals surface area contributed by atoms with Crippen molar-refractivity contribution in [3.8, 4) is 6.07 Å². The molecule has 3 rings (SSSR count). The number of nitrogens with zero attached hydrogens (tertiary/aromatic N) is 4. The van der Waals surface area contributed by atoms with E-state index in [1.807, 2.05) is 0 Å². The second-order valence-corrected chi connectivity index (χ2v) is 13.3. The molecular formula is C32H54N5O6P. The van der Waals surface area contributed by atoms with Crippen molar-refractivity contribution in [1.29, 1.82) is 5.26 Å². The molecule has 11 nitrogen and oxygen atoms in total. The second kappa shape index (κ2) is 20.1. The van der Waals surface area contributed by atoms with Crippen LogP contribution >= 0.6 is 7.82 Å². The number of hydrogen-bond acceptors (Lipinski definition) is 9. The minimum Gasteiger partial charge on any atom is -0.382 e. The molecule has 0 aromatic carbocycles. The van der Waals surface area contributed by atoms with Gasteiger partial charge in [0, 0.05) is 13.2 Å². The Hall–Kier alpha value is -2.06. The summed E-state index contributed by atoms with van der Waals surface area (Å²) in [5.41, 5.74) is 5.75. The van der Waals surface area contributed by atoms with Crippen LogP contribution in [0.25, 0.3) is 5.52 Å². The number of unbranched alkanes of at least 4 members (excludes halogenated alkanes) is 14. The predicted molar refractivity (Wildman–Crippen MR) is 171 cm³/mol. The molecule has 0 amide bonds. The summed E-state index contributed by atoms with van der Waals surface area (Å²) in [7, 11) is -4.24. The van der Waals surface area contributed by atoms with Crippen molar-refractivity contribution in [3.63, 3.8) is 0 Å². The van der Waals surface area contributed by atoms with Crippen LogP contribution in [0, 0.1) is 11.3 Å². The molecule has 1 unspecified atom stereocenters. The van der Waals surface area contributed by atoms with Crippen LogP contribution in [0.15, 0.2) is 18.5 Å². The van der Waals surface area contributed by atoms with Gasteiger partial charge in [0.25, 0.3) is 0 Å². The van der Waals surface area contributed by atoms with Gasteiger partial charge >= 0.3 is 7.82 Å². The number of hydrogen-bond donors (Lipinski definition) is 2. The second-order valence-electron chi connectivity index (χ2n) is 11.9. The van der Waals surface area contributed by atoms with Crippen molar-refractivity contribution in [3.05, 3.63) is 24.2 Å². The van der Waals surface area contributed by atoms with Gasteiger partial charge in [-0.25, -0.2) is 14.1 Å². The van der Waals surface area contributed by atoms with Crippen molar-refractivity contribution in [2.45, 2.75) is 134 Å². The minimum atomic E-state index is -4.24. The fourth-order valence-corrected chi connectivity index (χ4v) is 6.46. The highest BCUT2D eigenvalue weighted by Crippen LogP contribution is 2.46. The van der Waals surface area contributed by atoms with E-state index in [-0.39, 0.29) is 13.2 Å². The molecule has 0 aliphatic carbocycles. The van der Waals surface area contributed by atoms with E-state index in [4.69, 9.17) is 24.3 Å². The highest BCUT2D eigenvalue weighted by Gasteiger charge is 2.45. The Bertz CT molecular complexity index is 1170. The van der Waals surface area contributed by atoms with Crippen molar-refractivity contribution >= 4 is 19.2 Å². The monoisotopic (exact) mass is 635 g/mol. The number of nitrogens with two attached hydrogens (primary N) is 1. The first-order chi connectivity index (χ1) is 21.4. The van der Waals surface area contributed by atoms with Crippen LogP contribution in [0.5, 0.6) is 0 Å². The summed E-state index contributed by atoms with van der Waals surface area (Å²) in [5, 5.41) is 14.2. The first kappa shape index (κ1) is 36.4. The SMILES string of the molecule is CCCCCCCCCCCCCCCCOCCCCOP(=O)(O)OC[C@@H]1CC[C@](C#N)(c2ccc3c(N)ncnn23)O1. The van der Waals surface area contributed by atoms with Gasteiger partial charge in [0.15, 0.2) is 11.4 Å². The Morgan fingerprint density at radius 1 is 0.977 bits per heavy atom. The van der Waals surface area contributed by atoms with Crippen LogP contribution in [0.1, 0.15) is 128 Å². The normalized spacial score (nSPS) is 19.8. The van der Waals surface area contributed by atoms with Gasteiger partial charge in [-0.15, -0.1) is 0 Å². The maximum Gasteiger partial charge on any atom is 0.472 e. The average molecular weight is 636 g/mol. The summed E-state index contributed by atoms with van der Waals surface area (Å²) >= 11 is 0. The molecule has 3 atom stereocenters. The number of nitriles is 1. The molecule has 12 heteroatoms. The zero-order chi connectivity index (χ0) is 31.5. The summed E-state index contributed by atoms with van der Waals surface area (Å²) in [4.78, 5) is 14.1. The van der Waals surface area contributed by atoms with E-state index in [0.29, 0.717) is 42.9 Å². The summed E-state index contributed by atoms with van der Waals surface area (Å²) in [6.07, 6.45) is 21.7. The van der Waals surface area contributed by atoms with Crippen LogP contribution in [-0.2, 0) is 28.7 Å². The number of ether oxygens (including phenoxy) is 2. The Morgan fingerprint density at radius 3 is 2.20 bits per heavy atom. The highest BCUT2D eigenvalue weighted by atomic mass is 31.2. The van der Waals surface area contributed by atoms with Gasteiger partial charge in [0.2, 0.25) is 0 Å². The largest absolute Gasteiger partial charge is 0.472 e. The molecule has 1 aliphatic rings. The third-order valence-electron chi connectivity index (χ3n) is 8.27. The lowest BCUT2D eigenvalue weighted by Gasteiger charge is -2.22. The molecule has 1 saturated heterocycles. The van der Waals surface area contributed by atoms with Gasteiger partial charge < -0.3 is 20.1 Å². The lowest BCUT2D eigenvalue weighted by atomic mass is 9.98. The molecule has 0 bridgehead atoms. The molecule has 2 aromatic heterocycles. The Morgan fingerprint density at radius 2 is 1.57 bits per heavy atom. The fourth-order valence-electron chi connectivity index (χ4n) is 5.67. The summed E-state index contributed by atoms with van der Waals surface area (Å²) in [6.45, 7) is 3.56. The summed E-state index contributed by atoms with van der Waals surface area (Å²) in [6, 6.07) is 5.70. The number of nitrogen functional groups attached to an aromatic ring is 1. The first-order valence-corrected chi connectivity index (χ1v) is 18.3. The predicted octanol–water partition coefficient (Wildman–Crippen LogP) is 7.62. The van der Waals surface area contributed by atoms with Crippen LogP contribution < -0.4 is 5.73 Å². The quantitative estimate of drug-likeness (QED) is 0.0822. The van der Waals surface area contributed by atoms with Crippen molar-refractivity contribution in [2.24, 2.45) is 0 Å². The molecule has 1 fully saturated rings. The van der Waals surface area contributed by atoms with E-state index in [2.05, 4.69) is 23.1 Å². The standard InChI is InChI=1S/C32H54N5O6P/c1-2-3-4-5-6-7-8-9-10-11-12-13-14-15-22-40-23-16-17-24-41-44(38,39)42-25-28-20-21-32(26-33,43-28)30-19-18-29-31(34)35-27-36-37(29)30/h18-19,27-28H,2-17,20-25H2,1H3,(H,38,39)(H2,34,35,36)/t28-,32-/m0/s1. The Labute approximate surface area is 263 Å². The molecule has 3 heterocycles. The number of anilines is 1. The molecule has 44 heavy (non-hydrogen) atoms. The Kier molecular flexibility index (Phi) is 16.7. The molecular weight excluding hydrogens is 581 g/mol. The van der Waals surface area contributed by atoms with Crippen molar-refractivity contribution in [1.82, 2.24) is 14.6 Å². The van der Waals surface area contributed by atoms with Gasteiger partial charge in [-0.3, -0.25) is 9.05 Å². The van der Waals surface area contributed by atoms with E-state index in [9.17, 15) is 14.7 Å². The van der Waals surface area contributed by atoms with Crippen LogP contribution in [0.2, 0.25) is 0 Å². The fraction of sp³-hybridized carbons (Fsp3) is 0.781. The van der Waals surface area contributed by atoms with Crippen molar-refractivity contribution < 1.29 is 28.0 Å². The van der Waals surface area contributed by atoms with Gasteiger partial charge in [0.05, 0.1) is 25.0 Å². The molecule has 2 aromatic rings. The van der Waals surface area contributed by atoms with Crippen LogP contribution in [0.4, 0.5) is 5.82 Å². The van der Waals surface area contributed by atoms with E-state index in [1.54, 1.807) is 16.6 Å². The van der Waals surface area contributed by atoms with E-state index in [0.717, 1.165) is 19.4 Å². The van der Waals surface area contributed by atoms with Crippen LogP contribution in [0.3, 0.4) is 0 Å². The maximum atomic E-state index is 12.4. The number of phosphoric ester groups is 1. The molecule has 248 valence electrons. The lowest BCUT2D eigenvalue weighted by molar-refractivity contribution is -0.0335. The van der Waals surface area contributed by atoms with E-state index in [1.165, 1.54) is 89.8 Å². The minimum absolute atomic E-state index is 0.0981. The zero-order valence-corrected chi connectivity index (χ0v) is 27.6. The number of rotatable bonds is 25. The van der Waals surface area contributed by atoms with Crippen LogP contribution in [-0.4, -0.2) is 52.0 Å². The zero-order valence-electron chi connectivity index (χ0n) is 26.7. The van der Waals surface area contributed by atoms with E-state index < -0.39 is 19.5 Å². The summed E-state index contributed by atoms with van der Waals surface area (Å²) in [5.74, 6) is 0.298. The Balaban J connectivity index is 1.15. The smallest absolute Gasteiger partial charge is 0.382 e. The lowest BCUT2D eigenvalue weighted by Crippen LogP contribution is -2.28. The summed E-state index contributed by atoms with van der Waals surface area (Å²) < 4.78 is 35.9. The number of fused-ring (bicyclic) bond motifs is 1. The average Bonchev–Trinajstić information content (AvgIpc) is 3.65. The van der Waals surface area contributed by atoms with E-state index >= 15 is 0 Å². The van der Waals surface area contributed by atoms with Crippen molar-refractivity contribution in [2.75, 3.05) is 32.2 Å². The van der Waals surface area contributed by atoms with Gasteiger partial charge in [-0.1, -0.05) is 90.4 Å². The maximum absolute atomic E-state index is 12.4. The van der Waals surface area contributed by atoms with Gasteiger partial charge in [0.1, 0.15) is 17.9 Å². The molecule has 3 N–H and O–H groups in total. The first-order valence-electron chi connectivity index (χ1n) is 16.8.